The molecule has 1 saturated carbocycles. The minimum Gasteiger partial charge on any atom is -0.487 e. The van der Waals surface area contributed by atoms with E-state index in [0.29, 0.717) is 19.1 Å². The number of benzene rings is 1. The quantitative estimate of drug-likeness (QED) is 0.699. The molecular weight excluding hydrogens is 344 g/mol. The summed E-state index contributed by atoms with van der Waals surface area (Å²) in [7, 11) is 0. The Balaban J connectivity index is 1.34. The van der Waals surface area contributed by atoms with E-state index in [1.807, 2.05) is 11.0 Å². The number of amides is 2. The van der Waals surface area contributed by atoms with Gasteiger partial charge in [0.1, 0.15) is 24.3 Å². The summed E-state index contributed by atoms with van der Waals surface area (Å²) in [4.78, 5) is 17.2. The standard InChI is InChI=1S/C20H22N4O3/c25-20(24-5-1-6-24)21-11-16-8-14-9-17(13-2-3-13)19(10-18(14)22-16)26-12-15-4-7-27-23-15/h4,7-10,13,22H,1-3,5-6,11-12H2,(H,21,25). The Morgan fingerprint density at radius 3 is 2.93 bits per heavy atom. The fraction of sp³-hybridized carbons (Fsp3) is 0.400. The summed E-state index contributed by atoms with van der Waals surface area (Å²) in [5.74, 6) is 1.47. The van der Waals surface area contributed by atoms with Gasteiger partial charge < -0.3 is 24.5 Å². The van der Waals surface area contributed by atoms with Crippen LogP contribution in [0.2, 0.25) is 0 Å². The van der Waals surface area contributed by atoms with Gasteiger partial charge in [-0.05, 0) is 42.9 Å². The number of nitrogens with one attached hydrogen (secondary N) is 2. The van der Waals surface area contributed by atoms with Gasteiger partial charge in [0, 0.05) is 41.8 Å². The lowest BCUT2D eigenvalue weighted by Gasteiger charge is -2.30. The van der Waals surface area contributed by atoms with Crippen molar-refractivity contribution in [1.82, 2.24) is 20.4 Å². The molecule has 2 N–H and O–H groups in total. The number of rotatable bonds is 6. The first kappa shape index (κ1) is 16.2. The SMILES string of the molecule is O=C(NCc1cc2cc(C3CC3)c(OCc3ccon3)cc2[nH]1)N1CCC1. The Morgan fingerprint density at radius 2 is 2.22 bits per heavy atom. The van der Waals surface area contributed by atoms with Crippen molar-refractivity contribution in [3.8, 4) is 5.75 Å². The highest BCUT2D eigenvalue weighted by atomic mass is 16.5. The molecule has 1 aliphatic carbocycles. The predicted molar refractivity (Wildman–Crippen MR) is 99.5 cm³/mol. The Bertz CT molecular complexity index is 955. The van der Waals surface area contributed by atoms with Crippen molar-refractivity contribution in [2.75, 3.05) is 13.1 Å². The molecule has 7 heteroatoms. The van der Waals surface area contributed by atoms with Gasteiger partial charge in [0.05, 0.1) is 6.54 Å². The summed E-state index contributed by atoms with van der Waals surface area (Å²) in [6.45, 7) is 2.60. The molecule has 7 nitrogen and oxygen atoms in total. The fourth-order valence-corrected chi connectivity index (χ4v) is 3.44. The maximum atomic E-state index is 12.0. The third-order valence-electron chi connectivity index (χ3n) is 5.26. The van der Waals surface area contributed by atoms with E-state index < -0.39 is 0 Å². The van der Waals surface area contributed by atoms with E-state index in [9.17, 15) is 4.79 Å². The normalized spacial score (nSPS) is 16.4. The van der Waals surface area contributed by atoms with Crippen LogP contribution in [0.1, 0.15) is 42.1 Å². The van der Waals surface area contributed by atoms with Gasteiger partial charge in [-0.25, -0.2) is 4.79 Å². The number of ether oxygens (including phenoxy) is 1. The molecule has 3 aromatic rings. The molecule has 140 valence electrons. The number of aromatic nitrogens is 2. The zero-order valence-electron chi connectivity index (χ0n) is 15.0. The monoisotopic (exact) mass is 366 g/mol. The summed E-state index contributed by atoms with van der Waals surface area (Å²) in [5, 5.41) is 8.03. The first-order valence-electron chi connectivity index (χ1n) is 9.46. The molecule has 1 saturated heterocycles. The van der Waals surface area contributed by atoms with E-state index in [4.69, 9.17) is 9.26 Å². The molecule has 2 aromatic heterocycles. The molecule has 2 amide bonds. The highest BCUT2D eigenvalue weighted by Gasteiger charge is 2.28. The molecule has 0 bridgehead atoms. The Morgan fingerprint density at radius 1 is 1.33 bits per heavy atom. The second kappa shape index (κ2) is 6.64. The molecule has 27 heavy (non-hydrogen) atoms. The zero-order chi connectivity index (χ0) is 18.2. The van der Waals surface area contributed by atoms with Gasteiger partial charge in [-0.3, -0.25) is 0 Å². The number of carbonyl (C=O) groups excluding carboxylic acids is 1. The summed E-state index contributed by atoms with van der Waals surface area (Å²) in [6, 6.07) is 8.20. The number of carbonyl (C=O) groups is 1. The van der Waals surface area contributed by atoms with Crippen LogP contribution in [-0.4, -0.2) is 34.2 Å². The summed E-state index contributed by atoms with van der Waals surface area (Å²) < 4.78 is 10.9. The largest absolute Gasteiger partial charge is 0.487 e. The number of H-pyrrole nitrogens is 1. The molecule has 0 atom stereocenters. The van der Waals surface area contributed by atoms with Crippen molar-refractivity contribution in [3.05, 3.63) is 47.5 Å². The number of hydrogen-bond acceptors (Lipinski definition) is 4. The van der Waals surface area contributed by atoms with Crippen LogP contribution in [-0.2, 0) is 13.2 Å². The Labute approximate surface area is 156 Å². The average molecular weight is 366 g/mol. The first-order valence-corrected chi connectivity index (χ1v) is 9.46. The number of hydrogen-bond donors (Lipinski definition) is 2. The minimum absolute atomic E-state index is 0.00945. The third kappa shape index (κ3) is 3.37. The Kier molecular flexibility index (Phi) is 3.99. The van der Waals surface area contributed by atoms with Crippen LogP contribution in [0.3, 0.4) is 0 Å². The molecule has 5 rings (SSSR count). The van der Waals surface area contributed by atoms with Crippen LogP contribution in [0.15, 0.2) is 35.1 Å². The van der Waals surface area contributed by atoms with Gasteiger partial charge in [0.2, 0.25) is 0 Å². The van der Waals surface area contributed by atoms with E-state index >= 15 is 0 Å². The molecular formula is C20H22N4O3. The van der Waals surface area contributed by atoms with Gasteiger partial charge in [-0.1, -0.05) is 5.16 Å². The van der Waals surface area contributed by atoms with Gasteiger partial charge in [0.25, 0.3) is 0 Å². The van der Waals surface area contributed by atoms with E-state index in [1.165, 1.54) is 18.4 Å². The van der Waals surface area contributed by atoms with Crippen molar-refractivity contribution < 1.29 is 14.1 Å². The molecule has 0 unspecified atom stereocenters. The number of aromatic amines is 1. The fourth-order valence-electron chi connectivity index (χ4n) is 3.44. The highest BCUT2D eigenvalue weighted by molar-refractivity contribution is 5.84. The third-order valence-corrected chi connectivity index (χ3v) is 5.26. The average Bonchev–Trinajstić information content (AvgIpc) is 3.18. The van der Waals surface area contributed by atoms with Crippen molar-refractivity contribution >= 4 is 16.9 Å². The van der Waals surface area contributed by atoms with Crippen LogP contribution in [0, 0.1) is 0 Å². The topological polar surface area (TPSA) is 83.4 Å². The number of fused-ring (bicyclic) bond motifs is 1. The van der Waals surface area contributed by atoms with Crippen LogP contribution >= 0.6 is 0 Å². The maximum absolute atomic E-state index is 12.0. The van der Waals surface area contributed by atoms with Gasteiger partial charge in [-0.2, -0.15) is 0 Å². The molecule has 1 aromatic carbocycles. The molecule has 0 spiro atoms. The summed E-state index contributed by atoms with van der Waals surface area (Å²) in [6.07, 6.45) is 5.06. The van der Waals surface area contributed by atoms with E-state index in [1.54, 1.807) is 6.26 Å². The lowest BCUT2D eigenvalue weighted by molar-refractivity contribution is 0.167. The van der Waals surface area contributed by atoms with Gasteiger partial charge >= 0.3 is 6.03 Å². The van der Waals surface area contributed by atoms with Crippen LogP contribution in [0.4, 0.5) is 4.79 Å². The number of urea groups is 1. The summed E-state index contributed by atoms with van der Waals surface area (Å²) >= 11 is 0. The van der Waals surface area contributed by atoms with Crippen molar-refractivity contribution in [3.63, 3.8) is 0 Å². The summed E-state index contributed by atoms with van der Waals surface area (Å²) in [5.41, 5.74) is 4.04. The zero-order valence-corrected chi connectivity index (χ0v) is 15.0. The van der Waals surface area contributed by atoms with Crippen LogP contribution in [0.5, 0.6) is 5.75 Å². The highest BCUT2D eigenvalue weighted by Crippen LogP contribution is 2.45. The predicted octanol–water partition coefficient (Wildman–Crippen LogP) is 3.53. The van der Waals surface area contributed by atoms with E-state index in [0.717, 1.165) is 47.6 Å². The van der Waals surface area contributed by atoms with Crippen molar-refractivity contribution in [2.24, 2.45) is 0 Å². The van der Waals surface area contributed by atoms with Crippen LogP contribution < -0.4 is 10.1 Å². The molecule has 0 radical (unpaired) electrons. The first-order chi connectivity index (χ1) is 13.3. The molecule has 2 fully saturated rings. The lowest BCUT2D eigenvalue weighted by Crippen LogP contribution is -2.47. The Hall–Kier alpha value is -2.96. The molecule has 3 heterocycles. The second-order valence-electron chi connectivity index (χ2n) is 7.32. The maximum Gasteiger partial charge on any atom is 0.317 e. The van der Waals surface area contributed by atoms with Gasteiger partial charge in [-0.15, -0.1) is 0 Å². The van der Waals surface area contributed by atoms with Crippen molar-refractivity contribution in [1.29, 1.82) is 0 Å². The van der Waals surface area contributed by atoms with E-state index in [-0.39, 0.29) is 6.03 Å². The lowest BCUT2D eigenvalue weighted by atomic mass is 10.1. The number of likely N-dealkylation sites (tertiary alicyclic amines) is 1. The second-order valence-corrected chi connectivity index (χ2v) is 7.32. The smallest absolute Gasteiger partial charge is 0.317 e. The number of nitrogens with zero attached hydrogens (tertiary/aromatic N) is 2. The van der Waals surface area contributed by atoms with E-state index in [2.05, 4.69) is 33.7 Å². The minimum atomic E-state index is 0.00945. The molecule has 1 aliphatic heterocycles. The van der Waals surface area contributed by atoms with Crippen LogP contribution in [0.25, 0.3) is 10.9 Å². The van der Waals surface area contributed by atoms with Gasteiger partial charge in [0.15, 0.2) is 0 Å². The van der Waals surface area contributed by atoms with Crippen molar-refractivity contribution in [2.45, 2.75) is 38.3 Å². The molecule has 2 aliphatic rings.